The number of hydrogen-bond donors (Lipinski definition) is 1. The summed E-state index contributed by atoms with van der Waals surface area (Å²) in [6.45, 7) is 5.86. The molecule has 0 amide bonds. The van der Waals surface area contributed by atoms with Crippen LogP contribution in [0.5, 0.6) is 0 Å². The van der Waals surface area contributed by atoms with Gasteiger partial charge in [-0.3, -0.25) is 4.79 Å². The maximum Gasteiger partial charge on any atom is 0.280 e. The molecule has 80 valence electrons. The Kier molecular flexibility index (Phi) is 2.26. The predicted octanol–water partition coefficient (Wildman–Crippen LogP) is 1.35. The van der Waals surface area contributed by atoms with Crippen molar-refractivity contribution in [1.29, 1.82) is 0 Å². The van der Waals surface area contributed by atoms with Gasteiger partial charge in [-0.1, -0.05) is 6.92 Å². The molecule has 5 heteroatoms. The first-order chi connectivity index (χ1) is 7.06. The SMILES string of the molecule is CCc1nc2sc(C)c(C)c2c(=O)n1N. The van der Waals surface area contributed by atoms with Gasteiger partial charge >= 0.3 is 0 Å². The van der Waals surface area contributed by atoms with Crippen LogP contribution in [0.2, 0.25) is 0 Å². The zero-order valence-corrected chi connectivity index (χ0v) is 9.81. The molecule has 2 heterocycles. The Morgan fingerprint density at radius 3 is 2.73 bits per heavy atom. The summed E-state index contributed by atoms with van der Waals surface area (Å²) in [5, 5.41) is 0.664. The zero-order valence-electron chi connectivity index (χ0n) is 9.00. The summed E-state index contributed by atoms with van der Waals surface area (Å²) in [6, 6.07) is 0. The van der Waals surface area contributed by atoms with Crippen molar-refractivity contribution >= 4 is 21.6 Å². The Balaban J connectivity index is 2.98. The van der Waals surface area contributed by atoms with Gasteiger partial charge in [0.2, 0.25) is 0 Å². The molecule has 0 aliphatic heterocycles. The second-order valence-electron chi connectivity index (χ2n) is 3.52. The number of rotatable bonds is 1. The number of nitrogen functional groups attached to an aromatic ring is 1. The Labute approximate surface area is 91.3 Å². The van der Waals surface area contributed by atoms with Gasteiger partial charge in [0.15, 0.2) is 0 Å². The molecule has 0 radical (unpaired) electrons. The maximum absolute atomic E-state index is 11.9. The van der Waals surface area contributed by atoms with E-state index >= 15 is 0 Å². The Hall–Kier alpha value is -1.36. The highest BCUT2D eigenvalue weighted by atomic mass is 32.1. The van der Waals surface area contributed by atoms with E-state index in [0.29, 0.717) is 17.6 Å². The van der Waals surface area contributed by atoms with Crippen molar-refractivity contribution < 1.29 is 0 Å². The molecule has 0 unspecified atom stereocenters. The van der Waals surface area contributed by atoms with Gasteiger partial charge in [0.05, 0.1) is 5.39 Å². The summed E-state index contributed by atoms with van der Waals surface area (Å²) < 4.78 is 1.15. The summed E-state index contributed by atoms with van der Waals surface area (Å²) in [5.41, 5.74) is 0.855. The molecule has 0 atom stereocenters. The lowest BCUT2D eigenvalue weighted by Crippen LogP contribution is -2.31. The maximum atomic E-state index is 11.9. The average molecular weight is 223 g/mol. The molecule has 0 fully saturated rings. The van der Waals surface area contributed by atoms with Crippen molar-refractivity contribution in [2.45, 2.75) is 27.2 Å². The van der Waals surface area contributed by atoms with E-state index in [1.54, 1.807) is 11.3 Å². The van der Waals surface area contributed by atoms with E-state index < -0.39 is 0 Å². The van der Waals surface area contributed by atoms with Gasteiger partial charge in [0.25, 0.3) is 5.56 Å². The minimum Gasteiger partial charge on any atom is -0.335 e. The fourth-order valence-corrected chi connectivity index (χ4v) is 2.64. The Morgan fingerprint density at radius 2 is 2.13 bits per heavy atom. The molecule has 2 aromatic rings. The summed E-state index contributed by atoms with van der Waals surface area (Å²) in [5.74, 6) is 6.32. The third-order valence-electron chi connectivity index (χ3n) is 2.62. The van der Waals surface area contributed by atoms with E-state index in [0.717, 1.165) is 19.9 Å². The number of thiophene rings is 1. The van der Waals surface area contributed by atoms with Crippen LogP contribution in [-0.2, 0) is 6.42 Å². The molecular formula is C10H13N3OS. The number of nitrogens with two attached hydrogens (primary N) is 1. The van der Waals surface area contributed by atoms with E-state index in [-0.39, 0.29) is 5.56 Å². The highest BCUT2D eigenvalue weighted by Crippen LogP contribution is 2.25. The minimum absolute atomic E-state index is 0.140. The van der Waals surface area contributed by atoms with Gasteiger partial charge in [-0.2, -0.15) is 0 Å². The largest absolute Gasteiger partial charge is 0.335 e. The fraction of sp³-hybridized carbons (Fsp3) is 0.400. The summed E-state index contributed by atoms with van der Waals surface area (Å²) in [7, 11) is 0. The quantitative estimate of drug-likeness (QED) is 0.742. The van der Waals surface area contributed by atoms with Crippen molar-refractivity contribution in [2.24, 2.45) is 0 Å². The molecule has 15 heavy (non-hydrogen) atoms. The van der Waals surface area contributed by atoms with E-state index in [2.05, 4.69) is 4.98 Å². The van der Waals surface area contributed by atoms with Crippen LogP contribution in [-0.4, -0.2) is 9.66 Å². The number of aromatic nitrogens is 2. The predicted molar refractivity (Wildman–Crippen MR) is 62.9 cm³/mol. The summed E-state index contributed by atoms with van der Waals surface area (Å²) in [6.07, 6.45) is 0.664. The van der Waals surface area contributed by atoms with Crippen molar-refractivity contribution in [1.82, 2.24) is 9.66 Å². The molecule has 0 bridgehead atoms. The lowest BCUT2D eigenvalue weighted by Gasteiger charge is -2.04. The highest BCUT2D eigenvalue weighted by Gasteiger charge is 2.13. The van der Waals surface area contributed by atoms with E-state index in [1.165, 1.54) is 0 Å². The third kappa shape index (κ3) is 1.34. The molecule has 2 rings (SSSR count). The number of aryl methyl sites for hydroxylation is 3. The first-order valence-electron chi connectivity index (χ1n) is 4.83. The van der Waals surface area contributed by atoms with Crippen molar-refractivity contribution in [3.8, 4) is 0 Å². The van der Waals surface area contributed by atoms with Crippen molar-refractivity contribution in [3.05, 3.63) is 26.6 Å². The van der Waals surface area contributed by atoms with Crippen LogP contribution >= 0.6 is 11.3 Å². The topological polar surface area (TPSA) is 60.9 Å². The number of hydrogen-bond acceptors (Lipinski definition) is 4. The van der Waals surface area contributed by atoms with Crippen LogP contribution in [0.1, 0.15) is 23.2 Å². The lowest BCUT2D eigenvalue weighted by atomic mass is 10.2. The smallest absolute Gasteiger partial charge is 0.280 e. The first-order valence-corrected chi connectivity index (χ1v) is 5.64. The molecule has 0 aliphatic rings. The molecule has 2 N–H and O–H groups in total. The van der Waals surface area contributed by atoms with Crippen molar-refractivity contribution in [3.63, 3.8) is 0 Å². The van der Waals surface area contributed by atoms with Crippen LogP contribution in [0, 0.1) is 13.8 Å². The monoisotopic (exact) mass is 223 g/mol. The van der Waals surface area contributed by atoms with E-state index in [1.807, 2.05) is 20.8 Å². The molecule has 0 spiro atoms. The summed E-state index contributed by atoms with van der Waals surface area (Å²) >= 11 is 1.55. The van der Waals surface area contributed by atoms with Crippen LogP contribution in [0.15, 0.2) is 4.79 Å². The Morgan fingerprint density at radius 1 is 1.47 bits per heavy atom. The molecule has 4 nitrogen and oxygen atoms in total. The molecule has 0 saturated carbocycles. The highest BCUT2D eigenvalue weighted by molar-refractivity contribution is 7.18. The van der Waals surface area contributed by atoms with Crippen LogP contribution in [0.3, 0.4) is 0 Å². The van der Waals surface area contributed by atoms with Gasteiger partial charge in [0.1, 0.15) is 10.7 Å². The Bertz CT molecular complexity index is 582. The third-order valence-corrected chi connectivity index (χ3v) is 3.73. The van der Waals surface area contributed by atoms with Crippen LogP contribution < -0.4 is 11.4 Å². The van der Waals surface area contributed by atoms with Gasteiger partial charge in [-0.25, -0.2) is 9.66 Å². The zero-order chi connectivity index (χ0) is 11.2. The van der Waals surface area contributed by atoms with Crippen LogP contribution in [0.25, 0.3) is 10.2 Å². The molecule has 2 aromatic heterocycles. The second kappa shape index (κ2) is 3.34. The lowest BCUT2D eigenvalue weighted by molar-refractivity contribution is 0.801. The molecule has 0 saturated heterocycles. The van der Waals surface area contributed by atoms with Gasteiger partial charge in [0, 0.05) is 11.3 Å². The van der Waals surface area contributed by atoms with Crippen molar-refractivity contribution in [2.75, 3.05) is 5.84 Å². The standard InChI is InChI=1S/C10H13N3OS/c1-4-7-12-9-8(10(14)13(7)11)5(2)6(3)15-9/h4,11H2,1-3H3. The minimum atomic E-state index is -0.140. The fourth-order valence-electron chi connectivity index (χ4n) is 1.60. The molecule has 0 aliphatic carbocycles. The number of fused-ring (bicyclic) bond motifs is 1. The molecular weight excluding hydrogens is 210 g/mol. The van der Waals surface area contributed by atoms with Gasteiger partial charge in [-0.15, -0.1) is 11.3 Å². The second-order valence-corrected chi connectivity index (χ2v) is 4.72. The number of nitrogens with zero attached hydrogens (tertiary/aromatic N) is 2. The molecule has 0 aromatic carbocycles. The van der Waals surface area contributed by atoms with Gasteiger partial charge in [-0.05, 0) is 19.4 Å². The van der Waals surface area contributed by atoms with E-state index in [4.69, 9.17) is 5.84 Å². The van der Waals surface area contributed by atoms with E-state index in [9.17, 15) is 4.79 Å². The van der Waals surface area contributed by atoms with Crippen LogP contribution in [0.4, 0.5) is 0 Å². The van der Waals surface area contributed by atoms with Gasteiger partial charge < -0.3 is 5.84 Å². The average Bonchev–Trinajstić information content (AvgIpc) is 2.49. The summed E-state index contributed by atoms with van der Waals surface area (Å²) in [4.78, 5) is 18.3. The normalized spacial score (nSPS) is 11.1. The first kappa shape index (κ1) is 10.2.